The number of fused-ring (bicyclic) bond motifs is 4. The fraction of sp³-hybridized carbons (Fsp3) is 0.217. The fourth-order valence-electron chi connectivity index (χ4n) is 10.4. The van der Waals surface area contributed by atoms with E-state index in [2.05, 4.69) is 103 Å². The maximum Gasteiger partial charge on any atom is 0.182 e. The molecule has 5 aromatic carbocycles. The fourth-order valence-corrected chi connectivity index (χ4v) is 10.4. The molecule has 8 aromatic rings. The summed E-state index contributed by atoms with van der Waals surface area (Å²) in [5, 5.41) is 2.23. The first kappa shape index (κ1) is 28.4. The molecule has 3 aromatic heterocycles. The van der Waals surface area contributed by atoms with E-state index in [9.17, 15) is 0 Å². The molecule has 12 rings (SSSR count). The Bertz CT molecular complexity index is 2540. The van der Waals surface area contributed by atoms with Gasteiger partial charge in [0.15, 0.2) is 12.0 Å². The third-order valence-electron chi connectivity index (χ3n) is 12.2. The lowest BCUT2D eigenvalue weighted by atomic mass is 9.48. The molecular weight excluding hydrogens is 613 g/mol. The van der Waals surface area contributed by atoms with Crippen LogP contribution in [0.1, 0.15) is 44.1 Å². The van der Waals surface area contributed by atoms with Crippen LogP contribution in [-0.4, -0.2) is 9.97 Å². The van der Waals surface area contributed by atoms with Crippen molar-refractivity contribution in [2.24, 2.45) is 17.8 Å². The molecule has 0 atom stereocenters. The van der Waals surface area contributed by atoms with Gasteiger partial charge in [-0.1, -0.05) is 84.9 Å². The number of rotatable bonds is 5. The lowest BCUT2D eigenvalue weighted by Crippen LogP contribution is -2.48. The highest BCUT2D eigenvalue weighted by Crippen LogP contribution is 2.60. The predicted octanol–water partition coefficient (Wildman–Crippen LogP) is 12.3. The summed E-state index contributed by atoms with van der Waals surface area (Å²) in [6.07, 6.45) is 10.1. The largest absolute Gasteiger partial charge is 0.456 e. The molecule has 0 saturated heterocycles. The van der Waals surface area contributed by atoms with Crippen LogP contribution in [0.2, 0.25) is 0 Å². The second kappa shape index (κ2) is 10.8. The molecule has 4 heteroatoms. The summed E-state index contributed by atoms with van der Waals surface area (Å²) in [5.41, 5.74) is 13.5. The highest BCUT2D eigenvalue weighted by atomic mass is 16.3. The standard InChI is InChI=1S/C46H36N2O2/c1-2-6-31(7-3-1)40-21-34(22-41(48-40)32-10-13-35(14-11-32)46-24-28-18-29(25-46)20-30(19-28)26-46)36-16-17-37(45-44(36)47-27-49-45)33-12-15-39-38-8-4-5-9-42(38)50-43(39)23-33/h1-17,21-23,27-30H,18-20,24-26H2. The number of benzene rings is 5. The monoisotopic (exact) mass is 648 g/mol. The number of hydrogen-bond acceptors (Lipinski definition) is 4. The summed E-state index contributed by atoms with van der Waals surface area (Å²) < 4.78 is 12.3. The molecule has 0 amide bonds. The van der Waals surface area contributed by atoms with E-state index < -0.39 is 0 Å². The van der Waals surface area contributed by atoms with E-state index in [4.69, 9.17) is 18.8 Å². The van der Waals surface area contributed by atoms with Gasteiger partial charge in [-0.15, -0.1) is 0 Å². The van der Waals surface area contributed by atoms with Gasteiger partial charge in [0, 0.05) is 33.0 Å². The van der Waals surface area contributed by atoms with E-state index in [1.165, 1.54) is 38.5 Å². The van der Waals surface area contributed by atoms with Gasteiger partial charge in [0.1, 0.15) is 16.7 Å². The molecule has 242 valence electrons. The van der Waals surface area contributed by atoms with Crippen molar-refractivity contribution in [2.75, 3.05) is 0 Å². The van der Waals surface area contributed by atoms with Crippen molar-refractivity contribution >= 4 is 33.0 Å². The van der Waals surface area contributed by atoms with Crippen LogP contribution in [-0.2, 0) is 5.41 Å². The average molecular weight is 649 g/mol. The molecule has 0 radical (unpaired) electrons. The second-order valence-corrected chi connectivity index (χ2v) is 15.3. The van der Waals surface area contributed by atoms with Crippen molar-refractivity contribution in [3.05, 3.63) is 133 Å². The van der Waals surface area contributed by atoms with Crippen LogP contribution in [0, 0.1) is 17.8 Å². The summed E-state index contributed by atoms with van der Waals surface area (Å²) in [6.45, 7) is 0. The maximum absolute atomic E-state index is 6.23. The van der Waals surface area contributed by atoms with E-state index in [-0.39, 0.29) is 0 Å². The molecule has 4 aliphatic carbocycles. The minimum Gasteiger partial charge on any atom is -0.456 e. The maximum atomic E-state index is 6.23. The predicted molar refractivity (Wildman–Crippen MR) is 201 cm³/mol. The van der Waals surface area contributed by atoms with Gasteiger partial charge < -0.3 is 8.83 Å². The average Bonchev–Trinajstić information content (AvgIpc) is 3.79. The van der Waals surface area contributed by atoms with Crippen LogP contribution in [0.4, 0.5) is 0 Å². The molecule has 0 unspecified atom stereocenters. The first-order valence-corrected chi connectivity index (χ1v) is 18.1. The number of para-hydroxylation sites is 1. The third kappa shape index (κ3) is 4.44. The SMILES string of the molecule is c1ccc(-c2cc(-c3ccc(-c4ccc5c(c4)oc4ccccc45)c4ocnc34)cc(-c3ccc(C45CC6CC(CC(C6)C4)C5)cc3)n2)cc1. The van der Waals surface area contributed by atoms with Gasteiger partial charge >= 0.3 is 0 Å². The summed E-state index contributed by atoms with van der Waals surface area (Å²) in [6, 6.07) is 43.2. The quantitative estimate of drug-likeness (QED) is 0.186. The Kier molecular flexibility index (Phi) is 6.10. The molecular formula is C46H36N2O2. The van der Waals surface area contributed by atoms with Crippen molar-refractivity contribution in [3.8, 4) is 44.8 Å². The Morgan fingerprint density at radius 2 is 1.18 bits per heavy atom. The minimum atomic E-state index is 0.382. The summed E-state index contributed by atoms with van der Waals surface area (Å²) >= 11 is 0. The molecule has 0 N–H and O–H groups in total. The summed E-state index contributed by atoms with van der Waals surface area (Å²) in [7, 11) is 0. The number of nitrogens with zero attached hydrogens (tertiary/aromatic N) is 2. The Morgan fingerprint density at radius 1 is 0.540 bits per heavy atom. The van der Waals surface area contributed by atoms with Crippen molar-refractivity contribution in [1.82, 2.24) is 9.97 Å². The summed E-state index contributed by atoms with van der Waals surface area (Å²) in [4.78, 5) is 10.0. The van der Waals surface area contributed by atoms with Gasteiger partial charge in [0.2, 0.25) is 0 Å². The molecule has 4 fully saturated rings. The van der Waals surface area contributed by atoms with Crippen molar-refractivity contribution in [2.45, 2.75) is 43.9 Å². The number of furan rings is 1. The lowest BCUT2D eigenvalue weighted by Gasteiger charge is -2.57. The topological polar surface area (TPSA) is 52.1 Å². The zero-order valence-corrected chi connectivity index (χ0v) is 27.8. The van der Waals surface area contributed by atoms with Gasteiger partial charge in [-0.05, 0) is 115 Å². The van der Waals surface area contributed by atoms with E-state index in [1.807, 2.05) is 18.2 Å². The van der Waals surface area contributed by atoms with Crippen LogP contribution in [0.5, 0.6) is 0 Å². The molecule has 50 heavy (non-hydrogen) atoms. The molecule has 0 aliphatic heterocycles. The Labute approximate surface area is 290 Å². The summed E-state index contributed by atoms with van der Waals surface area (Å²) in [5.74, 6) is 2.79. The van der Waals surface area contributed by atoms with Gasteiger partial charge in [-0.3, -0.25) is 0 Å². The zero-order valence-electron chi connectivity index (χ0n) is 27.8. The van der Waals surface area contributed by atoms with Crippen LogP contribution in [0.15, 0.2) is 137 Å². The van der Waals surface area contributed by atoms with Crippen molar-refractivity contribution in [1.29, 1.82) is 0 Å². The highest BCUT2D eigenvalue weighted by molar-refractivity contribution is 6.07. The van der Waals surface area contributed by atoms with Crippen LogP contribution >= 0.6 is 0 Å². The normalized spacial score (nSPS) is 22.6. The van der Waals surface area contributed by atoms with E-state index in [0.29, 0.717) is 5.41 Å². The molecule has 4 aliphatic rings. The Morgan fingerprint density at radius 3 is 1.94 bits per heavy atom. The van der Waals surface area contributed by atoms with Crippen molar-refractivity contribution < 1.29 is 8.83 Å². The van der Waals surface area contributed by atoms with Gasteiger partial charge in [-0.25, -0.2) is 9.97 Å². The Hall–Kier alpha value is -5.48. The first-order valence-electron chi connectivity index (χ1n) is 18.1. The molecule has 4 nitrogen and oxygen atoms in total. The number of pyridine rings is 1. The first-order chi connectivity index (χ1) is 24.7. The molecule has 4 saturated carbocycles. The molecule has 3 heterocycles. The number of oxazole rings is 1. The van der Waals surface area contributed by atoms with Gasteiger partial charge in [0.25, 0.3) is 0 Å². The lowest BCUT2D eigenvalue weighted by molar-refractivity contribution is -0.00518. The third-order valence-corrected chi connectivity index (χ3v) is 12.2. The van der Waals surface area contributed by atoms with Crippen LogP contribution in [0.3, 0.4) is 0 Å². The van der Waals surface area contributed by atoms with Crippen molar-refractivity contribution in [3.63, 3.8) is 0 Å². The van der Waals surface area contributed by atoms with Gasteiger partial charge in [0.05, 0.1) is 11.4 Å². The van der Waals surface area contributed by atoms with Crippen LogP contribution < -0.4 is 0 Å². The van der Waals surface area contributed by atoms with Gasteiger partial charge in [-0.2, -0.15) is 0 Å². The zero-order chi connectivity index (χ0) is 32.8. The molecule has 4 bridgehead atoms. The van der Waals surface area contributed by atoms with E-state index in [0.717, 1.165) is 95.6 Å². The van der Waals surface area contributed by atoms with E-state index >= 15 is 0 Å². The smallest absolute Gasteiger partial charge is 0.182 e. The number of aromatic nitrogens is 2. The molecule has 0 spiro atoms. The van der Waals surface area contributed by atoms with E-state index in [1.54, 1.807) is 12.0 Å². The van der Waals surface area contributed by atoms with Crippen LogP contribution in [0.25, 0.3) is 77.8 Å². The highest BCUT2D eigenvalue weighted by Gasteiger charge is 2.51. The number of hydrogen-bond donors (Lipinski definition) is 0. The Balaban J connectivity index is 1.01. The second-order valence-electron chi connectivity index (χ2n) is 15.3. The minimum absolute atomic E-state index is 0.382.